The molecule has 0 fully saturated rings. The molecule has 0 unspecified atom stereocenters. The lowest BCUT2D eigenvalue weighted by molar-refractivity contribution is 0.0697. The molecule has 0 saturated heterocycles. The van der Waals surface area contributed by atoms with E-state index in [1.165, 1.54) is 0 Å². The lowest BCUT2D eigenvalue weighted by Gasteiger charge is -2.07. The fourth-order valence-corrected chi connectivity index (χ4v) is 2.49. The van der Waals surface area contributed by atoms with E-state index < -0.39 is 5.97 Å². The normalized spacial score (nSPS) is 11.1. The number of carboxylic acids is 1. The standard InChI is InChI=1S/C15H16N4O2/c1-11-17-13-4-3-12(15(20)21)9-14(13)19(11)7-2-6-18-8-5-16-10-18/h3-5,8-10H,2,6-7H2,1H3,(H,20,21). The summed E-state index contributed by atoms with van der Waals surface area (Å²) in [5.74, 6) is -0.0149. The molecule has 3 rings (SSSR count). The van der Waals surface area contributed by atoms with Crippen molar-refractivity contribution in [3.05, 3.63) is 48.3 Å². The van der Waals surface area contributed by atoms with Crippen LogP contribution in [0.25, 0.3) is 11.0 Å². The van der Waals surface area contributed by atoms with E-state index in [0.717, 1.165) is 36.4 Å². The molecule has 0 spiro atoms. The summed E-state index contributed by atoms with van der Waals surface area (Å²) in [6.45, 7) is 3.61. The SMILES string of the molecule is Cc1nc2ccc(C(=O)O)cc2n1CCCn1ccnc1. The van der Waals surface area contributed by atoms with Gasteiger partial charge < -0.3 is 14.2 Å². The van der Waals surface area contributed by atoms with Gasteiger partial charge in [-0.1, -0.05) is 0 Å². The van der Waals surface area contributed by atoms with Crippen molar-refractivity contribution in [3.63, 3.8) is 0 Å². The van der Waals surface area contributed by atoms with Gasteiger partial charge in [-0.2, -0.15) is 0 Å². The van der Waals surface area contributed by atoms with Crippen LogP contribution < -0.4 is 0 Å². The number of rotatable bonds is 5. The zero-order valence-corrected chi connectivity index (χ0v) is 11.7. The van der Waals surface area contributed by atoms with E-state index in [-0.39, 0.29) is 0 Å². The van der Waals surface area contributed by atoms with Crippen molar-refractivity contribution in [1.82, 2.24) is 19.1 Å². The maximum absolute atomic E-state index is 11.1. The molecule has 6 nitrogen and oxygen atoms in total. The van der Waals surface area contributed by atoms with Crippen LogP contribution in [0.3, 0.4) is 0 Å². The van der Waals surface area contributed by atoms with Crippen LogP contribution in [0.4, 0.5) is 0 Å². The highest BCUT2D eigenvalue weighted by atomic mass is 16.4. The molecule has 6 heteroatoms. The van der Waals surface area contributed by atoms with Crippen molar-refractivity contribution in [3.8, 4) is 0 Å². The number of imidazole rings is 2. The molecular formula is C15H16N4O2. The molecule has 0 atom stereocenters. The van der Waals surface area contributed by atoms with Gasteiger partial charge in [0.05, 0.1) is 22.9 Å². The van der Waals surface area contributed by atoms with E-state index in [4.69, 9.17) is 5.11 Å². The number of carboxylic acid groups (broad SMARTS) is 1. The van der Waals surface area contributed by atoms with Crippen molar-refractivity contribution in [2.75, 3.05) is 0 Å². The summed E-state index contributed by atoms with van der Waals surface area (Å²) < 4.78 is 4.09. The first-order valence-electron chi connectivity index (χ1n) is 6.81. The Hall–Kier alpha value is -2.63. The van der Waals surface area contributed by atoms with Crippen LogP contribution >= 0.6 is 0 Å². The molecule has 108 valence electrons. The third-order valence-electron chi connectivity index (χ3n) is 3.54. The predicted octanol–water partition coefficient (Wildman–Crippen LogP) is 2.33. The number of hydrogen-bond acceptors (Lipinski definition) is 3. The third kappa shape index (κ3) is 2.65. The molecule has 0 aliphatic rings. The summed E-state index contributed by atoms with van der Waals surface area (Å²) in [6, 6.07) is 5.04. The Labute approximate surface area is 121 Å². The number of fused-ring (bicyclic) bond motifs is 1. The molecule has 0 saturated carbocycles. The van der Waals surface area contributed by atoms with Crippen molar-refractivity contribution in [2.45, 2.75) is 26.4 Å². The van der Waals surface area contributed by atoms with E-state index in [0.29, 0.717) is 5.56 Å². The first-order chi connectivity index (χ1) is 10.1. The Morgan fingerprint density at radius 1 is 1.33 bits per heavy atom. The summed E-state index contributed by atoms with van der Waals surface area (Å²) in [7, 11) is 0. The van der Waals surface area contributed by atoms with Gasteiger partial charge in [0.15, 0.2) is 0 Å². The summed E-state index contributed by atoms with van der Waals surface area (Å²) in [6.07, 6.45) is 6.42. The molecule has 0 aliphatic heterocycles. The molecule has 0 aliphatic carbocycles. The van der Waals surface area contributed by atoms with Gasteiger partial charge in [-0.3, -0.25) is 0 Å². The summed E-state index contributed by atoms with van der Waals surface area (Å²) in [5, 5.41) is 9.10. The lowest BCUT2D eigenvalue weighted by Crippen LogP contribution is -2.05. The summed E-state index contributed by atoms with van der Waals surface area (Å²) in [4.78, 5) is 19.6. The highest BCUT2D eigenvalue weighted by molar-refractivity contribution is 5.92. The van der Waals surface area contributed by atoms with E-state index in [2.05, 4.69) is 14.5 Å². The summed E-state index contributed by atoms with van der Waals surface area (Å²) in [5.41, 5.74) is 2.00. The Bertz CT molecular complexity index is 774. The van der Waals surface area contributed by atoms with Crippen LogP contribution in [-0.4, -0.2) is 30.2 Å². The Morgan fingerprint density at radius 3 is 2.90 bits per heavy atom. The Morgan fingerprint density at radius 2 is 2.19 bits per heavy atom. The van der Waals surface area contributed by atoms with Crippen LogP contribution in [-0.2, 0) is 13.1 Å². The minimum atomic E-state index is -0.916. The monoisotopic (exact) mass is 284 g/mol. The lowest BCUT2D eigenvalue weighted by atomic mass is 10.2. The highest BCUT2D eigenvalue weighted by Gasteiger charge is 2.10. The Balaban J connectivity index is 1.84. The second-order valence-corrected chi connectivity index (χ2v) is 4.97. The van der Waals surface area contributed by atoms with Crippen LogP contribution in [0.1, 0.15) is 22.6 Å². The zero-order chi connectivity index (χ0) is 14.8. The topological polar surface area (TPSA) is 72.9 Å². The number of aromatic carboxylic acids is 1. The van der Waals surface area contributed by atoms with Gasteiger partial charge in [0.2, 0.25) is 0 Å². The maximum atomic E-state index is 11.1. The van der Waals surface area contributed by atoms with Crippen molar-refractivity contribution in [1.29, 1.82) is 0 Å². The van der Waals surface area contributed by atoms with Crippen LogP contribution in [0.15, 0.2) is 36.9 Å². The third-order valence-corrected chi connectivity index (χ3v) is 3.54. The molecule has 3 aromatic rings. The van der Waals surface area contributed by atoms with Gasteiger partial charge >= 0.3 is 5.97 Å². The minimum absolute atomic E-state index is 0.290. The van der Waals surface area contributed by atoms with Gasteiger partial charge in [-0.15, -0.1) is 0 Å². The predicted molar refractivity (Wildman–Crippen MR) is 78.3 cm³/mol. The molecule has 2 aromatic heterocycles. The van der Waals surface area contributed by atoms with E-state index in [1.807, 2.05) is 17.7 Å². The zero-order valence-electron chi connectivity index (χ0n) is 11.7. The van der Waals surface area contributed by atoms with Gasteiger partial charge in [0, 0.05) is 25.5 Å². The van der Waals surface area contributed by atoms with Crippen molar-refractivity contribution < 1.29 is 9.90 Å². The number of aryl methyl sites for hydroxylation is 3. The quantitative estimate of drug-likeness (QED) is 0.780. The molecule has 0 amide bonds. The molecule has 1 N–H and O–H groups in total. The number of benzene rings is 1. The Kier molecular flexibility index (Phi) is 3.43. The summed E-state index contributed by atoms with van der Waals surface area (Å²) >= 11 is 0. The number of nitrogens with zero attached hydrogens (tertiary/aromatic N) is 4. The largest absolute Gasteiger partial charge is 0.478 e. The minimum Gasteiger partial charge on any atom is -0.478 e. The second kappa shape index (κ2) is 5.40. The van der Waals surface area contributed by atoms with Crippen LogP contribution in [0.5, 0.6) is 0 Å². The van der Waals surface area contributed by atoms with Crippen molar-refractivity contribution >= 4 is 17.0 Å². The highest BCUT2D eigenvalue weighted by Crippen LogP contribution is 2.18. The van der Waals surface area contributed by atoms with E-state index in [1.54, 1.807) is 30.7 Å². The average molecular weight is 284 g/mol. The number of carbonyl (C=O) groups is 1. The van der Waals surface area contributed by atoms with Gasteiger partial charge in [0.25, 0.3) is 0 Å². The van der Waals surface area contributed by atoms with Gasteiger partial charge in [-0.05, 0) is 31.5 Å². The molecular weight excluding hydrogens is 268 g/mol. The molecule has 21 heavy (non-hydrogen) atoms. The van der Waals surface area contributed by atoms with E-state index in [9.17, 15) is 4.79 Å². The number of aromatic nitrogens is 4. The van der Waals surface area contributed by atoms with E-state index >= 15 is 0 Å². The van der Waals surface area contributed by atoms with Crippen LogP contribution in [0, 0.1) is 6.92 Å². The molecule has 0 bridgehead atoms. The fraction of sp³-hybridized carbons (Fsp3) is 0.267. The molecule has 0 radical (unpaired) electrons. The molecule has 2 heterocycles. The van der Waals surface area contributed by atoms with Gasteiger partial charge in [0.1, 0.15) is 5.82 Å². The van der Waals surface area contributed by atoms with Crippen molar-refractivity contribution in [2.24, 2.45) is 0 Å². The smallest absolute Gasteiger partial charge is 0.335 e. The first-order valence-corrected chi connectivity index (χ1v) is 6.81. The average Bonchev–Trinajstić information content (AvgIpc) is 3.06. The van der Waals surface area contributed by atoms with Crippen LogP contribution in [0.2, 0.25) is 0 Å². The number of hydrogen-bond donors (Lipinski definition) is 1. The maximum Gasteiger partial charge on any atom is 0.335 e. The van der Waals surface area contributed by atoms with Gasteiger partial charge in [-0.25, -0.2) is 14.8 Å². The fourth-order valence-electron chi connectivity index (χ4n) is 2.49. The second-order valence-electron chi connectivity index (χ2n) is 4.97. The first kappa shape index (κ1) is 13.4. The molecule has 1 aromatic carbocycles.